The highest BCUT2D eigenvalue weighted by molar-refractivity contribution is 6.24. The molecule has 5 nitrogen and oxygen atoms in total. The maximum Gasteiger partial charge on any atom is 0.238 e. The Morgan fingerprint density at radius 3 is 1.42 bits per heavy atom. The van der Waals surface area contributed by atoms with Gasteiger partial charge < -0.3 is 4.57 Å². The van der Waals surface area contributed by atoms with Crippen LogP contribution in [0.25, 0.3) is 94.7 Å². The molecule has 1 aliphatic carbocycles. The molecular weight excluding hydrogens is 695 g/mol. The van der Waals surface area contributed by atoms with Crippen LogP contribution in [0.1, 0.15) is 12.0 Å². The summed E-state index contributed by atoms with van der Waals surface area (Å²) < 4.78 is 4.74. The van der Waals surface area contributed by atoms with Crippen molar-refractivity contribution < 1.29 is 0 Å². The Kier molecular flexibility index (Phi) is 7.64. The first-order chi connectivity index (χ1) is 28.2. The topological polar surface area (TPSA) is 48.5 Å². The van der Waals surface area contributed by atoms with Gasteiger partial charge in [-0.2, -0.15) is 9.97 Å². The van der Waals surface area contributed by atoms with E-state index in [2.05, 4.69) is 167 Å². The van der Waals surface area contributed by atoms with Gasteiger partial charge >= 0.3 is 0 Å². The van der Waals surface area contributed by atoms with E-state index in [4.69, 9.17) is 15.0 Å². The van der Waals surface area contributed by atoms with Gasteiger partial charge in [0.05, 0.1) is 22.1 Å². The molecule has 0 radical (unpaired) electrons. The summed E-state index contributed by atoms with van der Waals surface area (Å²) in [7, 11) is 0. The number of hydrogen-bond donors (Lipinski definition) is 0. The van der Waals surface area contributed by atoms with E-state index >= 15 is 0 Å². The lowest BCUT2D eigenvalue weighted by Crippen LogP contribution is -2.08. The zero-order chi connectivity index (χ0) is 37.9. The van der Waals surface area contributed by atoms with Gasteiger partial charge in [0.2, 0.25) is 5.95 Å². The summed E-state index contributed by atoms with van der Waals surface area (Å²) in [6, 6.07) is 61.7. The van der Waals surface area contributed by atoms with E-state index in [9.17, 15) is 0 Å². The third kappa shape index (κ3) is 5.43. The van der Waals surface area contributed by atoms with Crippen LogP contribution in [0.4, 0.5) is 0 Å². The molecule has 11 rings (SSSR count). The first kappa shape index (κ1) is 32.8. The minimum Gasteiger partial charge on any atom is -0.310 e. The predicted octanol–water partition coefficient (Wildman–Crippen LogP) is 13.0. The number of nitrogens with zero attached hydrogens (tertiary/aromatic N) is 5. The lowest BCUT2D eigenvalue weighted by molar-refractivity contribution is 0.953. The molecule has 10 aromatic rings. The van der Waals surface area contributed by atoms with E-state index in [1.165, 1.54) is 27.8 Å². The molecule has 0 saturated carbocycles. The Morgan fingerprint density at radius 2 is 0.842 bits per heavy atom. The molecule has 0 fully saturated rings. The molecule has 7 aromatic carbocycles. The molecule has 3 aromatic heterocycles. The monoisotopic (exact) mass is 729 g/mol. The van der Waals surface area contributed by atoms with E-state index < -0.39 is 0 Å². The molecule has 3 heterocycles. The molecule has 0 bridgehead atoms. The number of hydrogen-bond acceptors (Lipinski definition) is 3. The van der Waals surface area contributed by atoms with Gasteiger partial charge in [-0.1, -0.05) is 183 Å². The fraction of sp³-hybridized carbons (Fsp3) is 0.0192. The van der Waals surface area contributed by atoms with Crippen LogP contribution >= 0.6 is 0 Å². The third-order valence-electron chi connectivity index (χ3n) is 11.1. The number of benzene rings is 7. The van der Waals surface area contributed by atoms with Gasteiger partial charge in [-0.3, -0.25) is 4.57 Å². The second-order valence-corrected chi connectivity index (χ2v) is 14.5. The summed E-state index contributed by atoms with van der Waals surface area (Å²) in [5.41, 5.74) is 13.1. The fourth-order valence-corrected chi connectivity index (χ4v) is 8.49. The van der Waals surface area contributed by atoms with Crippen molar-refractivity contribution in [2.45, 2.75) is 6.42 Å². The second-order valence-electron chi connectivity index (χ2n) is 14.5. The average molecular weight is 730 g/mol. The number of rotatable bonds is 6. The number of fused-ring (bicyclic) bond motifs is 7. The van der Waals surface area contributed by atoms with Gasteiger partial charge in [0.1, 0.15) is 0 Å². The van der Waals surface area contributed by atoms with Crippen molar-refractivity contribution in [3.63, 3.8) is 0 Å². The van der Waals surface area contributed by atoms with Crippen LogP contribution in [0.5, 0.6) is 0 Å². The molecule has 0 saturated heterocycles. The number of aromatic nitrogens is 5. The summed E-state index contributed by atoms with van der Waals surface area (Å²) >= 11 is 0. The zero-order valence-electron chi connectivity index (χ0n) is 31.0. The second kappa shape index (κ2) is 13.3. The normalized spacial score (nSPS) is 13.1. The summed E-state index contributed by atoms with van der Waals surface area (Å²) in [4.78, 5) is 15.6. The number of para-hydroxylation sites is 2. The van der Waals surface area contributed by atoms with E-state index in [1.54, 1.807) is 0 Å². The molecule has 57 heavy (non-hydrogen) atoms. The molecule has 0 spiro atoms. The smallest absolute Gasteiger partial charge is 0.238 e. The van der Waals surface area contributed by atoms with Crippen molar-refractivity contribution in [1.29, 1.82) is 0 Å². The van der Waals surface area contributed by atoms with Crippen molar-refractivity contribution >= 4 is 54.9 Å². The molecule has 0 amide bonds. The lowest BCUT2D eigenvalue weighted by Gasteiger charge is -2.22. The van der Waals surface area contributed by atoms with Crippen molar-refractivity contribution in [3.8, 4) is 39.9 Å². The quantitative estimate of drug-likeness (QED) is 0.171. The van der Waals surface area contributed by atoms with Gasteiger partial charge in [0, 0.05) is 50.4 Å². The molecular formula is C52H35N5. The van der Waals surface area contributed by atoms with E-state index in [1.807, 2.05) is 36.4 Å². The highest BCUT2D eigenvalue weighted by Gasteiger charge is 2.26. The van der Waals surface area contributed by atoms with Crippen LogP contribution in [0.3, 0.4) is 0 Å². The molecule has 0 N–H and O–H groups in total. The summed E-state index contributed by atoms with van der Waals surface area (Å²) in [5, 5.41) is 4.61. The summed E-state index contributed by atoms with van der Waals surface area (Å²) in [5.74, 6) is 1.81. The van der Waals surface area contributed by atoms with Crippen molar-refractivity contribution in [1.82, 2.24) is 24.1 Å². The Hall–Kier alpha value is -7.63. The van der Waals surface area contributed by atoms with Crippen LogP contribution in [0.15, 0.2) is 200 Å². The molecule has 5 heteroatoms. The van der Waals surface area contributed by atoms with Crippen LogP contribution < -0.4 is 0 Å². The Balaban J connectivity index is 1.25. The van der Waals surface area contributed by atoms with E-state index in [-0.39, 0.29) is 0 Å². The first-order valence-electron chi connectivity index (χ1n) is 19.3. The zero-order valence-corrected chi connectivity index (χ0v) is 31.0. The fourth-order valence-electron chi connectivity index (χ4n) is 8.49. The lowest BCUT2D eigenvalue weighted by atomic mass is 9.92. The summed E-state index contributed by atoms with van der Waals surface area (Å²) in [6.07, 6.45) is 5.09. The average Bonchev–Trinajstić information content (AvgIpc) is 3.80. The van der Waals surface area contributed by atoms with Crippen LogP contribution in [-0.2, 0) is 0 Å². The maximum absolute atomic E-state index is 5.28. The van der Waals surface area contributed by atoms with Gasteiger partial charge in [-0.25, -0.2) is 4.98 Å². The molecule has 1 aliphatic rings. The minimum absolute atomic E-state index is 0.567. The largest absolute Gasteiger partial charge is 0.310 e. The highest BCUT2D eigenvalue weighted by atomic mass is 15.2. The predicted molar refractivity (Wildman–Crippen MR) is 236 cm³/mol. The molecule has 0 unspecified atom stereocenters. The van der Waals surface area contributed by atoms with Gasteiger partial charge in [0.15, 0.2) is 11.6 Å². The van der Waals surface area contributed by atoms with Crippen LogP contribution in [0.2, 0.25) is 0 Å². The van der Waals surface area contributed by atoms with Gasteiger partial charge in [-0.05, 0) is 34.4 Å². The van der Waals surface area contributed by atoms with Crippen LogP contribution in [0, 0.1) is 0 Å². The standard InChI is InChI=1S/C52H35N5/c1-34-25-30-40(37-28-26-36(27-29-37)35-15-5-2-6-16-35)47(33-34)56-45-23-13-11-21-41(45)43-31-32-44-42-22-12-14-24-46(42)57(49(44)48(43)56)52-54-50(38-17-7-3-8-18-38)53-51(55-52)39-19-9-4-10-20-39/h2-32H,1,33H2. The number of allylic oxidation sites excluding steroid dienone is 5. The van der Waals surface area contributed by atoms with Crippen molar-refractivity contribution in [2.75, 3.05) is 0 Å². The SMILES string of the molecule is C=C1C=CC(c2ccc(-c3ccccc3)cc2)=C(n2c3ccccc3c3ccc4c5ccccc5n(-c5nc(-c6ccccc6)nc(-c6ccccc6)n5)c4c32)C1. The van der Waals surface area contributed by atoms with Gasteiger partial charge in [-0.15, -0.1) is 0 Å². The van der Waals surface area contributed by atoms with Gasteiger partial charge in [0.25, 0.3) is 0 Å². The summed E-state index contributed by atoms with van der Waals surface area (Å²) in [6.45, 7) is 4.49. The Bertz CT molecular complexity index is 3180. The Labute approximate surface area is 329 Å². The first-order valence-corrected chi connectivity index (χ1v) is 19.3. The maximum atomic E-state index is 5.28. The molecule has 268 valence electrons. The highest BCUT2D eigenvalue weighted by Crippen LogP contribution is 2.44. The van der Waals surface area contributed by atoms with Crippen LogP contribution in [-0.4, -0.2) is 24.1 Å². The van der Waals surface area contributed by atoms with E-state index in [0.29, 0.717) is 24.0 Å². The minimum atomic E-state index is 0.567. The molecule has 0 aliphatic heterocycles. The van der Waals surface area contributed by atoms with E-state index in [0.717, 1.165) is 60.5 Å². The molecule has 0 atom stereocenters. The van der Waals surface area contributed by atoms with Crippen molar-refractivity contribution in [3.05, 3.63) is 206 Å². The third-order valence-corrected chi connectivity index (χ3v) is 11.1. The Morgan fingerprint density at radius 1 is 0.386 bits per heavy atom. The van der Waals surface area contributed by atoms with Crippen molar-refractivity contribution in [2.24, 2.45) is 0 Å².